The zero-order valence-electron chi connectivity index (χ0n) is 11.8. The number of hydrogen-bond donors (Lipinski definition) is 1. The molecule has 1 saturated heterocycles. The van der Waals surface area contributed by atoms with Crippen LogP contribution in [0.1, 0.15) is 30.4 Å². The third-order valence-corrected chi connectivity index (χ3v) is 3.20. The lowest BCUT2D eigenvalue weighted by Gasteiger charge is -2.29. The van der Waals surface area contributed by atoms with Crippen LogP contribution < -0.4 is 5.32 Å². The fourth-order valence-corrected chi connectivity index (χ4v) is 2.03. The molecule has 6 nitrogen and oxygen atoms in total. The largest absolute Gasteiger partial charge is 0.374 e. The van der Waals surface area contributed by atoms with E-state index in [1.54, 1.807) is 10.7 Å². The predicted molar refractivity (Wildman–Crippen MR) is 72.2 cm³/mol. The molecule has 0 aliphatic carbocycles. The molecule has 0 radical (unpaired) electrons. The summed E-state index contributed by atoms with van der Waals surface area (Å²) in [4.78, 5) is 14.2. The van der Waals surface area contributed by atoms with E-state index >= 15 is 0 Å². The average Bonchev–Trinajstić information content (AvgIpc) is 2.86. The van der Waals surface area contributed by atoms with Crippen molar-refractivity contribution in [3.05, 3.63) is 18.0 Å². The van der Waals surface area contributed by atoms with Gasteiger partial charge in [-0.25, -0.2) is 0 Å². The number of ether oxygens (including phenoxy) is 1. The Morgan fingerprint density at radius 3 is 3.05 bits per heavy atom. The van der Waals surface area contributed by atoms with Crippen molar-refractivity contribution in [1.29, 1.82) is 0 Å². The van der Waals surface area contributed by atoms with Gasteiger partial charge in [0.1, 0.15) is 5.69 Å². The highest BCUT2D eigenvalue weighted by molar-refractivity contribution is 5.92. The standard InChI is InChI=1S/C13H22N4O2/c1-10(2)17-5-4-12(15-17)13(18)14-8-11-9-16(3)6-7-19-11/h4-5,10-11H,6-9H2,1-3H3,(H,14,18). The Labute approximate surface area is 113 Å². The van der Waals surface area contributed by atoms with E-state index in [-0.39, 0.29) is 18.1 Å². The molecular formula is C13H22N4O2. The van der Waals surface area contributed by atoms with Gasteiger partial charge >= 0.3 is 0 Å². The summed E-state index contributed by atoms with van der Waals surface area (Å²) < 4.78 is 7.37. The average molecular weight is 266 g/mol. The topological polar surface area (TPSA) is 59.4 Å². The summed E-state index contributed by atoms with van der Waals surface area (Å²) in [6, 6.07) is 2.00. The second-order valence-corrected chi connectivity index (χ2v) is 5.24. The summed E-state index contributed by atoms with van der Waals surface area (Å²) in [5.41, 5.74) is 0.456. The molecule has 1 amide bonds. The monoisotopic (exact) mass is 266 g/mol. The Morgan fingerprint density at radius 1 is 1.63 bits per heavy atom. The number of likely N-dealkylation sites (N-methyl/N-ethyl adjacent to an activating group) is 1. The molecule has 1 N–H and O–H groups in total. The van der Waals surface area contributed by atoms with Gasteiger partial charge in [0.05, 0.1) is 12.7 Å². The first-order chi connectivity index (χ1) is 9.06. The molecule has 106 valence electrons. The van der Waals surface area contributed by atoms with Gasteiger partial charge in [-0.1, -0.05) is 0 Å². The van der Waals surface area contributed by atoms with Crippen LogP contribution in [0.2, 0.25) is 0 Å². The van der Waals surface area contributed by atoms with E-state index in [0.29, 0.717) is 12.2 Å². The minimum absolute atomic E-state index is 0.0647. The van der Waals surface area contributed by atoms with Gasteiger partial charge in [-0.2, -0.15) is 5.10 Å². The van der Waals surface area contributed by atoms with E-state index in [2.05, 4.69) is 22.4 Å². The number of carbonyl (C=O) groups excluding carboxylic acids is 1. The van der Waals surface area contributed by atoms with Gasteiger partial charge in [0.2, 0.25) is 0 Å². The second-order valence-electron chi connectivity index (χ2n) is 5.24. The van der Waals surface area contributed by atoms with Crippen molar-refractivity contribution in [2.45, 2.75) is 26.0 Å². The van der Waals surface area contributed by atoms with E-state index in [1.807, 2.05) is 20.0 Å². The van der Waals surface area contributed by atoms with Crippen molar-refractivity contribution in [1.82, 2.24) is 20.0 Å². The van der Waals surface area contributed by atoms with E-state index in [0.717, 1.165) is 19.7 Å². The number of nitrogens with one attached hydrogen (secondary N) is 1. The molecule has 0 bridgehead atoms. The first kappa shape index (κ1) is 14.0. The maximum Gasteiger partial charge on any atom is 0.271 e. The van der Waals surface area contributed by atoms with Crippen molar-refractivity contribution in [3.63, 3.8) is 0 Å². The molecule has 1 aliphatic heterocycles. The lowest BCUT2D eigenvalue weighted by molar-refractivity contribution is -0.0175. The summed E-state index contributed by atoms with van der Waals surface area (Å²) in [5.74, 6) is -0.142. The first-order valence-corrected chi connectivity index (χ1v) is 6.69. The van der Waals surface area contributed by atoms with Crippen LogP contribution in [0.25, 0.3) is 0 Å². The van der Waals surface area contributed by atoms with Gasteiger partial charge in [-0.15, -0.1) is 0 Å². The molecule has 1 unspecified atom stereocenters. The van der Waals surface area contributed by atoms with Crippen LogP contribution >= 0.6 is 0 Å². The van der Waals surface area contributed by atoms with Crippen LogP contribution in [0.4, 0.5) is 0 Å². The van der Waals surface area contributed by atoms with Gasteiger partial charge in [-0.3, -0.25) is 9.48 Å². The van der Waals surface area contributed by atoms with Gasteiger partial charge in [0, 0.05) is 31.9 Å². The van der Waals surface area contributed by atoms with Crippen molar-refractivity contribution < 1.29 is 9.53 Å². The molecule has 1 aliphatic rings. The molecule has 1 fully saturated rings. The van der Waals surface area contributed by atoms with Crippen LogP contribution in [0.15, 0.2) is 12.3 Å². The number of rotatable bonds is 4. The van der Waals surface area contributed by atoms with E-state index in [4.69, 9.17) is 4.74 Å². The molecule has 0 spiro atoms. The Bertz CT molecular complexity index is 430. The number of carbonyl (C=O) groups is 1. The maximum absolute atomic E-state index is 11.9. The zero-order chi connectivity index (χ0) is 13.8. The molecule has 6 heteroatoms. The number of amides is 1. The highest BCUT2D eigenvalue weighted by Crippen LogP contribution is 2.05. The van der Waals surface area contributed by atoms with Gasteiger partial charge in [-0.05, 0) is 27.0 Å². The third-order valence-electron chi connectivity index (χ3n) is 3.20. The highest BCUT2D eigenvalue weighted by atomic mass is 16.5. The minimum atomic E-state index is -0.142. The lowest BCUT2D eigenvalue weighted by Crippen LogP contribution is -2.46. The van der Waals surface area contributed by atoms with Gasteiger partial charge < -0.3 is 15.0 Å². The van der Waals surface area contributed by atoms with Crippen LogP contribution in [0.5, 0.6) is 0 Å². The third kappa shape index (κ3) is 3.78. The molecule has 2 heterocycles. The number of aromatic nitrogens is 2. The van der Waals surface area contributed by atoms with Crippen molar-refractivity contribution in [2.75, 3.05) is 33.3 Å². The quantitative estimate of drug-likeness (QED) is 0.863. The molecule has 2 rings (SSSR count). The molecule has 19 heavy (non-hydrogen) atoms. The lowest BCUT2D eigenvalue weighted by atomic mass is 10.2. The molecule has 1 atom stereocenters. The Hall–Kier alpha value is -1.40. The Balaban J connectivity index is 1.83. The van der Waals surface area contributed by atoms with Gasteiger partial charge in [0.15, 0.2) is 0 Å². The summed E-state index contributed by atoms with van der Waals surface area (Å²) in [5, 5.41) is 7.12. The zero-order valence-corrected chi connectivity index (χ0v) is 11.8. The molecule has 0 saturated carbocycles. The first-order valence-electron chi connectivity index (χ1n) is 6.69. The fourth-order valence-electron chi connectivity index (χ4n) is 2.03. The summed E-state index contributed by atoms with van der Waals surface area (Å²) in [7, 11) is 2.06. The SMILES string of the molecule is CC(C)n1ccc(C(=O)NCC2CN(C)CCO2)n1. The molecule has 0 aromatic carbocycles. The number of hydrogen-bond acceptors (Lipinski definition) is 4. The van der Waals surface area contributed by atoms with Crippen LogP contribution in [0.3, 0.4) is 0 Å². The minimum Gasteiger partial charge on any atom is -0.374 e. The Morgan fingerprint density at radius 2 is 2.42 bits per heavy atom. The fraction of sp³-hybridized carbons (Fsp3) is 0.692. The molecule has 1 aromatic rings. The van der Waals surface area contributed by atoms with Crippen LogP contribution in [-0.2, 0) is 4.74 Å². The normalized spacial score (nSPS) is 20.7. The van der Waals surface area contributed by atoms with Crippen LogP contribution in [-0.4, -0.2) is 60.0 Å². The summed E-state index contributed by atoms with van der Waals surface area (Å²) in [6.07, 6.45) is 1.89. The molecule has 1 aromatic heterocycles. The summed E-state index contributed by atoms with van der Waals surface area (Å²) in [6.45, 7) is 7.10. The smallest absolute Gasteiger partial charge is 0.271 e. The van der Waals surface area contributed by atoms with E-state index < -0.39 is 0 Å². The molecular weight excluding hydrogens is 244 g/mol. The summed E-state index contributed by atoms with van der Waals surface area (Å²) >= 11 is 0. The maximum atomic E-state index is 11.9. The highest BCUT2D eigenvalue weighted by Gasteiger charge is 2.19. The second kappa shape index (κ2) is 6.16. The Kier molecular flexibility index (Phi) is 4.55. The van der Waals surface area contributed by atoms with Gasteiger partial charge in [0.25, 0.3) is 5.91 Å². The van der Waals surface area contributed by atoms with Crippen molar-refractivity contribution >= 4 is 5.91 Å². The number of nitrogens with zero attached hydrogens (tertiary/aromatic N) is 3. The van der Waals surface area contributed by atoms with Crippen molar-refractivity contribution in [2.24, 2.45) is 0 Å². The predicted octanol–water partition coefficient (Wildman–Crippen LogP) is 0.524. The van der Waals surface area contributed by atoms with Crippen molar-refractivity contribution in [3.8, 4) is 0 Å². The van der Waals surface area contributed by atoms with E-state index in [1.165, 1.54) is 0 Å². The van der Waals surface area contributed by atoms with Crippen LogP contribution in [0, 0.1) is 0 Å². The number of morpholine rings is 1. The van der Waals surface area contributed by atoms with E-state index in [9.17, 15) is 4.79 Å².